The van der Waals surface area contributed by atoms with Gasteiger partial charge in [0.1, 0.15) is 11.3 Å². The van der Waals surface area contributed by atoms with Crippen LogP contribution in [0.5, 0.6) is 0 Å². The summed E-state index contributed by atoms with van der Waals surface area (Å²) in [6, 6.07) is 10.2. The largest absolute Gasteiger partial charge is 0.326 e. The molecule has 30 heavy (non-hydrogen) atoms. The first-order chi connectivity index (χ1) is 14.5. The van der Waals surface area contributed by atoms with Crippen LogP contribution in [0.3, 0.4) is 0 Å². The van der Waals surface area contributed by atoms with Gasteiger partial charge in [-0.3, -0.25) is 4.79 Å². The average Bonchev–Trinajstić information content (AvgIpc) is 3.40. The fourth-order valence-electron chi connectivity index (χ4n) is 3.86. The van der Waals surface area contributed by atoms with E-state index in [4.69, 9.17) is 0 Å². The van der Waals surface area contributed by atoms with Crippen LogP contribution in [0.2, 0.25) is 0 Å². The molecule has 0 spiro atoms. The molecule has 0 unspecified atom stereocenters. The molecule has 0 saturated heterocycles. The smallest absolute Gasteiger partial charge is 0.240 e. The zero-order chi connectivity index (χ0) is 21.1. The highest BCUT2D eigenvalue weighted by Crippen LogP contribution is 2.33. The Balaban J connectivity index is 1.54. The Morgan fingerprint density at radius 1 is 1.17 bits per heavy atom. The van der Waals surface area contributed by atoms with Crippen molar-refractivity contribution in [3.63, 3.8) is 0 Å². The van der Waals surface area contributed by atoms with Crippen LogP contribution in [0.1, 0.15) is 50.9 Å². The highest BCUT2D eigenvalue weighted by atomic mass is 32.2. The van der Waals surface area contributed by atoms with Crippen molar-refractivity contribution in [3.05, 3.63) is 48.4 Å². The number of nitrogens with zero attached hydrogens (tertiary/aromatic N) is 3. The van der Waals surface area contributed by atoms with Gasteiger partial charge in [0.25, 0.3) is 0 Å². The van der Waals surface area contributed by atoms with Crippen LogP contribution in [0, 0.1) is 0 Å². The van der Waals surface area contributed by atoms with Gasteiger partial charge in [0, 0.05) is 24.3 Å². The molecule has 2 heterocycles. The van der Waals surface area contributed by atoms with E-state index < -0.39 is 10.0 Å². The van der Waals surface area contributed by atoms with Crippen molar-refractivity contribution < 1.29 is 13.2 Å². The van der Waals surface area contributed by atoms with Gasteiger partial charge in [-0.25, -0.2) is 23.1 Å². The molecule has 3 aromatic rings. The van der Waals surface area contributed by atoms with E-state index in [9.17, 15) is 13.2 Å². The summed E-state index contributed by atoms with van der Waals surface area (Å²) in [7, 11) is -3.72. The number of fused-ring (bicyclic) bond motifs is 1. The number of anilines is 1. The number of pyridine rings is 1. The van der Waals surface area contributed by atoms with Crippen molar-refractivity contribution in [2.75, 3.05) is 5.32 Å². The summed E-state index contributed by atoms with van der Waals surface area (Å²) >= 11 is 0. The first-order valence-electron chi connectivity index (χ1n) is 10.2. The first-order valence-corrected chi connectivity index (χ1v) is 11.7. The minimum atomic E-state index is -3.72. The van der Waals surface area contributed by atoms with E-state index in [1.54, 1.807) is 25.3 Å². The number of carbonyl (C=O) groups is 1. The molecule has 1 aliphatic rings. The maximum Gasteiger partial charge on any atom is 0.240 e. The van der Waals surface area contributed by atoms with Crippen molar-refractivity contribution in [2.24, 2.45) is 0 Å². The first kappa shape index (κ1) is 20.5. The van der Waals surface area contributed by atoms with Crippen LogP contribution >= 0.6 is 0 Å². The van der Waals surface area contributed by atoms with E-state index in [0.29, 0.717) is 24.0 Å². The molecule has 1 amide bonds. The van der Waals surface area contributed by atoms with Gasteiger partial charge < -0.3 is 9.88 Å². The molecular weight excluding hydrogens is 402 g/mol. The minimum absolute atomic E-state index is 0.0868. The Morgan fingerprint density at radius 2 is 1.90 bits per heavy atom. The van der Waals surface area contributed by atoms with E-state index in [0.717, 1.165) is 36.8 Å². The molecule has 0 bridgehead atoms. The number of sulfonamides is 1. The van der Waals surface area contributed by atoms with Crippen molar-refractivity contribution in [2.45, 2.75) is 56.5 Å². The molecule has 8 nitrogen and oxygen atoms in total. The van der Waals surface area contributed by atoms with Gasteiger partial charge in [-0.2, -0.15) is 0 Å². The summed E-state index contributed by atoms with van der Waals surface area (Å²) in [5.41, 5.74) is 2.14. The summed E-state index contributed by atoms with van der Waals surface area (Å²) in [6.45, 7) is 1.84. The van der Waals surface area contributed by atoms with Crippen LogP contribution in [0.25, 0.3) is 11.2 Å². The summed E-state index contributed by atoms with van der Waals surface area (Å²) < 4.78 is 30.3. The van der Waals surface area contributed by atoms with E-state index in [-0.39, 0.29) is 17.3 Å². The van der Waals surface area contributed by atoms with E-state index in [1.165, 1.54) is 12.1 Å². The second-order valence-corrected chi connectivity index (χ2v) is 9.20. The zero-order valence-electron chi connectivity index (χ0n) is 16.8. The third kappa shape index (κ3) is 4.22. The number of aromatic nitrogens is 3. The topological polar surface area (TPSA) is 106 Å². The number of hydrogen-bond acceptors (Lipinski definition) is 5. The van der Waals surface area contributed by atoms with Crippen LogP contribution < -0.4 is 10.0 Å². The molecule has 2 aromatic heterocycles. The van der Waals surface area contributed by atoms with Gasteiger partial charge in [0.2, 0.25) is 15.9 Å². The Morgan fingerprint density at radius 3 is 2.60 bits per heavy atom. The normalized spacial score (nSPS) is 15.0. The van der Waals surface area contributed by atoms with Crippen molar-refractivity contribution >= 4 is 32.8 Å². The predicted molar refractivity (Wildman–Crippen MR) is 114 cm³/mol. The molecule has 158 valence electrons. The molecule has 4 rings (SSSR count). The highest BCUT2D eigenvalue weighted by Gasteiger charge is 2.24. The molecule has 1 aliphatic carbocycles. The maximum absolute atomic E-state index is 12.8. The SMILES string of the molecule is CCC(=O)Nc1ccc(S(=O)(=O)NCc2nc3cccnc3n2C2CCCC2)cc1. The Kier molecular flexibility index (Phi) is 5.83. The molecule has 0 aliphatic heterocycles. The van der Waals surface area contributed by atoms with Gasteiger partial charge >= 0.3 is 0 Å². The second-order valence-electron chi connectivity index (χ2n) is 7.43. The number of imidazole rings is 1. The van der Waals surface area contributed by atoms with Gasteiger partial charge in [-0.05, 0) is 49.2 Å². The van der Waals surface area contributed by atoms with Crippen molar-refractivity contribution in [1.82, 2.24) is 19.3 Å². The molecule has 9 heteroatoms. The van der Waals surface area contributed by atoms with Crippen LogP contribution in [-0.4, -0.2) is 28.9 Å². The quantitative estimate of drug-likeness (QED) is 0.601. The van der Waals surface area contributed by atoms with Gasteiger partial charge in [0.05, 0.1) is 11.4 Å². The Hall–Kier alpha value is -2.78. The van der Waals surface area contributed by atoms with E-state index >= 15 is 0 Å². The van der Waals surface area contributed by atoms with Crippen molar-refractivity contribution in [3.8, 4) is 0 Å². The van der Waals surface area contributed by atoms with Gasteiger partial charge in [-0.1, -0.05) is 19.8 Å². The monoisotopic (exact) mass is 427 g/mol. The number of benzene rings is 1. The summed E-state index contributed by atoms with van der Waals surface area (Å²) in [4.78, 5) is 20.7. The van der Waals surface area contributed by atoms with Gasteiger partial charge in [-0.15, -0.1) is 0 Å². The molecule has 1 fully saturated rings. The summed E-state index contributed by atoms with van der Waals surface area (Å²) in [6.07, 6.45) is 6.51. The lowest BCUT2D eigenvalue weighted by Crippen LogP contribution is -2.25. The number of nitrogens with one attached hydrogen (secondary N) is 2. The Labute approximate surface area is 175 Å². The molecule has 2 N–H and O–H groups in total. The number of carbonyl (C=O) groups excluding carboxylic acids is 1. The average molecular weight is 428 g/mol. The molecule has 0 radical (unpaired) electrons. The lowest BCUT2D eigenvalue weighted by atomic mass is 10.2. The van der Waals surface area contributed by atoms with Crippen LogP contribution in [-0.2, 0) is 21.4 Å². The third-order valence-corrected chi connectivity index (χ3v) is 6.82. The standard InChI is InChI=1S/C21H25N5O3S/c1-2-20(27)24-15-9-11-17(12-10-15)30(28,29)23-14-19-25-18-8-5-13-22-21(18)26(19)16-6-3-4-7-16/h5,8-13,16,23H,2-4,6-7,14H2,1H3,(H,24,27). The maximum atomic E-state index is 12.8. The molecule has 1 aromatic carbocycles. The molecule has 0 atom stereocenters. The summed E-state index contributed by atoms with van der Waals surface area (Å²) in [5.74, 6) is 0.550. The number of hydrogen-bond donors (Lipinski definition) is 2. The van der Waals surface area contributed by atoms with Gasteiger partial charge in [0.15, 0.2) is 5.65 Å². The molecule has 1 saturated carbocycles. The van der Waals surface area contributed by atoms with Crippen LogP contribution in [0.15, 0.2) is 47.5 Å². The number of amides is 1. The van der Waals surface area contributed by atoms with E-state index in [2.05, 4.69) is 24.6 Å². The fraction of sp³-hybridized carbons (Fsp3) is 0.381. The van der Waals surface area contributed by atoms with Crippen molar-refractivity contribution in [1.29, 1.82) is 0 Å². The van der Waals surface area contributed by atoms with E-state index in [1.807, 2.05) is 12.1 Å². The lowest BCUT2D eigenvalue weighted by Gasteiger charge is -2.16. The van der Waals surface area contributed by atoms with Crippen LogP contribution in [0.4, 0.5) is 5.69 Å². The number of rotatable bonds is 7. The predicted octanol–water partition coefficient (Wildman–Crippen LogP) is 3.37. The minimum Gasteiger partial charge on any atom is -0.326 e. The zero-order valence-corrected chi connectivity index (χ0v) is 17.7. The summed E-state index contributed by atoms with van der Waals surface area (Å²) in [5, 5.41) is 2.71. The molecular formula is C21H25N5O3S. The second kappa shape index (κ2) is 8.53. The lowest BCUT2D eigenvalue weighted by molar-refractivity contribution is -0.115. The Bertz CT molecular complexity index is 1150. The highest BCUT2D eigenvalue weighted by molar-refractivity contribution is 7.89. The fourth-order valence-corrected chi connectivity index (χ4v) is 4.84. The third-order valence-electron chi connectivity index (χ3n) is 5.40.